The zero-order valence-corrected chi connectivity index (χ0v) is 15.5. The Labute approximate surface area is 151 Å². The summed E-state index contributed by atoms with van der Waals surface area (Å²) in [4.78, 5) is 13.7. The van der Waals surface area contributed by atoms with Gasteiger partial charge in [-0.3, -0.25) is 4.79 Å². The van der Waals surface area contributed by atoms with Gasteiger partial charge in [0.15, 0.2) is 5.78 Å². The van der Waals surface area contributed by atoms with E-state index < -0.39 is 10.8 Å². The minimum absolute atomic E-state index is 0.119. The van der Waals surface area contributed by atoms with E-state index in [-0.39, 0.29) is 17.8 Å². The molecule has 130 valence electrons. The molecule has 4 heteroatoms. The number of ether oxygens (including phenoxy) is 1. The Morgan fingerprint density at radius 3 is 2.44 bits per heavy atom. The van der Waals surface area contributed by atoms with Gasteiger partial charge in [-0.15, -0.1) is 0 Å². The maximum atomic E-state index is 13.0. The first kappa shape index (κ1) is 17.6. The number of hydrogen-bond acceptors (Lipinski definition) is 3. The molecular weight excluding hydrogens is 332 g/mol. The van der Waals surface area contributed by atoms with Crippen LogP contribution in [0.3, 0.4) is 0 Å². The van der Waals surface area contributed by atoms with Gasteiger partial charge in [0.25, 0.3) is 0 Å². The molecule has 0 bridgehead atoms. The molecule has 0 saturated carbocycles. The third-order valence-electron chi connectivity index (χ3n) is 4.61. The Hall–Kier alpha value is -2.20. The number of carbonyl (C=O) groups is 1. The predicted molar refractivity (Wildman–Crippen MR) is 98.8 cm³/mol. The third kappa shape index (κ3) is 3.74. The van der Waals surface area contributed by atoms with Gasteiger partial charge in [0.1, 0.15) is 6.10 Å². The van der Waals surface area contributed by atoms with Crippen LogP contribution in [-0.4, -0.2) is 16.1 Å². The molecule has 2 aromatic rings. The number of allylic oxidation sites excluding steroid dienone is 1. The van der Waals surface area contributed by atoms with Crippen LogP contribution in [0.5, 0.6) is 0 Å². The number of aryl methyl sites for hydroxylation is 1. The SMILES string of the molecule is CC1=CO[C@H](Cc2ccccc2[S@@](=O)c2ccc(C)cc2)[C@@H](C)C1=O. The highest BCUT2D eigenvalue weighted by atomic mass is 32.2. The van der Waals surface area contributed by atoms with Gasteiger partial charge < -0.3 is 4.74 Å². The summed E-state index contributed by atoms with van der Waals surface area (Å²) in [5.41, 5.74) is 2.75. The first-order chi connectivity index (χ1) is 12.0. The van der Waals surface area contributed by atoms with Gasteiger partial charge in [-0.05, 0) is 37.6 Å². The molecule has 3 rings (SSSR count). The van der Waals surface area contributed by atoms with Crippen LogP contribution in [0.1, 0.15) is 25.0 Å². The monoisotopic (exact) mass is 354 g/mol. The quantitative estimate of drug-likeness (QED) is 0.826. The van der Waals surface area contributed by atoms with Crippen molar-refractivity contribution in [2.75, 3.05) is 0 Å². The van der Waals surface area contributed by atoms with E-state index in [1.807, 2.05) is 62.4 Å². The Bertz CT molecular complexity index is 836. The van der Waals surface area contributed by atoms with Crippen LogP contribution in [0.25, 0.3) is 0 Å². The maximum Gasteiger partial charge on any atom is 0.168 e. The third-order valence-corrected chi connectivity index (χ3v) is 6.11. The maximum absolute atomic E-state index is 13.0. The summed E-state index contributed by atoms with van der Waals surface area (Å²) in [6.45, 7) is 5.67. The molecule has 0 N–H and O–H groups in total. The van der Waals surface area contributed by atoms with E-state index in [0.29, 0.717) is 12.0 Å². The van der Waals surface area contributed by atoms with Crippen molar-refractivity contribution in [1.82, 2.24) is 0 Å². The predicted octanol–water partition coefficient (Wildman–Crippen LogP) is 4.21. The molecule has 1 aliphatic rings. The van der Waals surface area contributed by atoms with Crippen molar-refractivity contribution in [3.63, 3.8) is 0 Å². The molecule has 0 saturated heterocycles. The first-order valence-corrected chi connectivity index (χ1v) is 9.55. The van der Waals surface area contributed by atoms with Crippen LogP contribution in [0.15, 0.2) is 70.2 Å². The molecule has 0 amide bonds. The summed E-state index contributed by atoms with van der Waals surface area (Å²) in [6, 6.07) is 15.4. The lowest BCUT2D eigenvalue weighted by Gasteiger charge is -2.27. The van der Waals surface area contributed by atoms with Gasteiger partial charge in [-0.1, -0.05) is 42.8 Å². The second-order valence-corrected chi connectivity index (χ2v) is 7.97. The van der Waals surface area contributed by atoms with Crippen LogP contribution in [-0.2, 0) is 26.8 Å². The fourth-order valence-electron chi connectivity index (χ4n) is 2.98. The van der Waals surface area contributed by atoms with E-state index in [9.17, 15) is 9.00 Å². The highest BCUT2D eigenvalue weighted by Crippen LogP contribution is 2.27. The number of rotatable bonds is 4. The van der Waals surface area contributed by atoms with E-state index >= 15 is 0 Å². The van der Waals surface area contributed by atoms with Crippen molar-refractivity contribution in [3.05, 3.63) is 71.5 Å². The molecule has 3 nitrogen and oxygen atoms in total. The number of ketones is 1. The van der Waals surface area contributed by atoms with Crippen molar-refractivity contribution in [1.29, 1.82) is 0 Å². The van der Waals surface area contributed by atoms with Crippen LogP contribution >= 0.6 is 0 Å². The molecule has 0 aromatic heterocycles. The van der Waals surface area contributed by atoms with Gasteiger partial charge in [-0.25, -0.2) is 4.21 Å². The lowest BCUT2D eigenvalue weighted by Crippen LogP contribution is -2.33. The smallest absolute Gasteiger partial charge is 0.168 e. The van der Waals surface area contributed by atoms with Crippen LogP contribution in [0, 0.1) is 12.8 Å². The molecular formula is C21H22O3S. The summed E-state index contributed by atoms with van der Waals surface area (Å²) >= 11 is 0. The average Bonchev–Trinajstić information content (AvgIpc) is 2.63. The van der Waals surface area contributed by atoms with Crippen molar-refractivity contribution in [3.8, 4) is 0 Å². The summed E-state index contributed by atoms with van der Waals surface area (Å²) in [7, 11) is -1.25. The van der Waals surface area contributed by atoms with Crippen molar-refractivity contribution in [2.24, 2.45) is 5.92 Å². The molecule has 0 spiro atoms. The summed E-state index contributed by atoms with van der Waals surface area (Å²) in [5, 5.41) is 0. The van der Waals surface area contributed by atoms with Crippen molar-refractivity contribution >= 4 is 16.6 Å². The molecule has 0 radical (unpaired) electrons. The summed E-state index contributed by atoms with van der Waals surface area (Å²) in [5.74, 6) is -0.0840. The van der Waals surface area contributed by atoms with E-state index in [1.165, 1.54) is 0 Å². The minimum Gasteiger partial charge on any atom is -0.497 e. The molecule has 3 atom stereocenters. The number of benzene rings is 2. The standard InChI is InChI=1S/C21H22O3S/c1-14-8-10-18(11-9-14)25(23)20-7-5-4-6-17(20)12-19-16(3)21(22)15(2)13-24-19/h4-11,13,16,19H,12H2,1-3H3/t16-,19-,25+/m1/s1. The number of carbonyl (C=O) groups excluding carboxylic acids is 1. The summed E-state index contributed by atoms with van der Waals surface area (Å²) in [6.07, 6.45) is 1.88. The average molecular weight is 354 g/mol. The van der Waals surface area contributed by atoms with Gasteiger partial charge in [-0.2, -0.15) is 0 Å². The number of Topliss-reactive ketones (excluding diaryl/α,β-unsaturated/α-hetero) is 1. The van der Waals surface area contributed by atoms with Crippen LogP contribution in [0.2, 0.25) is 0 Å². The largest absolute Gasteiger partial charge is 0.497 e. The molecule has 0 fully saturated rings. The highest BCUT2D eigenvalue weighted by Gasteiger charge is 2.30. The van der Waals surface area contributed by atoms with Crippen LogP contribution in [0.4, 0.5) is 0 Å². The Morgan fingerprint density at radius 2 is 1.72 bits per heavy atom. The van der Waals surface area contributed by atoms with Gasteiger partial charge in [0.05, 0.1) is 23.0 Å². The Balaban J connectivity index is 1.88. The van der Waals surface area contributed by atoms with Gasteiger partial charge in [0, 0.05) is 21.8 Å². The van der Waals surface area contributed by atoms with E-state index in [0.717, 1.165) is 20.9 Å². The fraction of sp³-hybridized carbons (Fsp3) is 0.286. The number of hydrogen-bond donors (Lipinski definition) is 0. The molecule has 1 heterocycles. The van der Waals surface area contributed by atoms with E-state index in [2.05, 4.69) is 0 Å². The fourth-order valence-corrected chi connectivity index (χ4v) is 4.21. The molecule has 2 aromatic carbocycles. The second kappa shape index (κ2) is 7.36. The Morgan fingerprint density at radius 1 is 1.04 bits per heavy atom. The van der Waals surface area contributed by atoms with E-state index in [4.69, 9.17) is 4.74 Å². The zero-order chi connectivity index (χ0) is 18.0. The van der Waals surface area contributed by atoms with Crippen molar-refractivity contribution in [2.45, 2.75) is 43.1 Å². The van der Waals surface area contributed by atoms with Crippen LogP contribution < -0.4 is 0 Å². The first-order valence-electron chi connectivity index (χ1n) is 8.40. The normalized spacial score (nSPS) is 21.4. The Kier molecular flexibility index (Phi) is 5.19. The zero-order valence-electron chi connectivity index (χ0n) is 14.7. The molecule has 1 aliphatic heterocycles. The molecule has 0 aliphatic carbocycles. The highest BCUT2D eigenvalue weighted by molar-refractivity contribution is 7.85. The van der Waals surface area contributed by atoms with Gasteiger partial charge >= 0.3 is 0 Å². The molecule has 0 unspecified atom stereocenters. The van der Waals surface area contributed by atoms with Crippen molar-refractivity contribution < 1.29 is 13.7 Å². The topological polar surface area (TPSA) is 43.4 Å². The lowest BCUT2D eigenvalue weighted by molar-refractivity contribution is -0.124. The van der Waals surface area contributed by atoms with Gasteiger partial charge in [0.2, 0.25) is 0 Å². The minimum atomic E-state index is -1.25. The second-order valence-electron chi connectivity index (χ2n) is 6.52. The van der Waals surface area contributed by atoms with E-state index in [1.54, 1.807) is 13.2 Å². The molecule has 25 heavy (non-hydrogen) atoms. The lowest BCUT2D eigenvalue weighted by atomic mass is 9.89. The summed E-state index contributed by atoms with van der Waals surface area (Å²) < 4.78 is 18.8.